The van der Waals surface area contributed by atoms with E-state index in [2.05, 4.69) is 55.7 Å². The average molecular weight is 393 g/mol. The van der Waals surface area contributed by atoms with Crippen LogP contribution in [0.15, 0.2) is 48.5 Å². The van der Waals surface area contributed by atoms with Gasteiger partial charge < -0.3 is 10.1 Å². The number of anilines is 1. The number of piperidine rings is 1. The van der Waals surface area contributed by atoms with Gasteiger partial charge in [-0.15, -0.1) is 0 Å². The zero-order valence-electron chi connectivity index (χ0n) is 17.7. The molecule has 4 rings (SSSR count). The predicted molar refractivity (Wildman–Crippen MR) is 118 cm³/mol. The minimum absolute atomic E-state index is 0.119. The maximum atomic E-state index is 12.5. The molecule has 2 atom stereocenters. The summed E-state index contributed by atoms with van der Waals surface area (Å²) >= 11 is 0. The second-order valence-corrected chi connectivity index (χ2v) is 9.57. The fourth-order valence-electron chi connectivity index (χ4n) is 4.64. The first-order chi connectivity index (χ1) is 13.9. The van der Waals surface area contributed by atoms with E-state index in [9.17, 15) is 4.79 Å². The number of ether oxygens (including phenoxy) is 1. The van der Waals surface area contributed by atoms with Crippen LogP contribution in [0.25, 0.3) is 11.1 Å². The van der Waals surface area contributed by atoms with Gasteiger partial charge in [0.15, 0.2) is 0 Å². The molecule has 2 fully saturated rings. The van der Waals surface area contributed by atoms with Crippen LogP contribution in [0, 0.1) is 5.92 Å². The summed E-state index contributed by atoms with van der Waals surface area (Å²) in [7, 11) is 0. The van der Waals surface area contributed by atoms with Gasteiger partial charge in [-0.1, -0.05) is 63.2 Å². The Balaban J connectivity index is 1.39. The molecule has 2 bridgehead atoms. The molecule has 2 aromatic rings. The number of benzene rings is 2. The average Bonchev–Trinajstić information content (AvgIpc) is 3.04. The number of fused-ring (bicyclic) bond motifs is 2. The first kappa shape index (κ1) is 20.0. The third-order valence-corrected chi connectivity index (χ3v) is 6.25. The smallest absolute Gasteiger partial charge is 0.411 e. The molecule has 0 aromatic heterocycles. The monoisotopic (exact) mass is 392 g/mol. The number of rotatable bonds is 4. The number of carbonyl (C=O) groups is 1. The molecule has 0 spiro atoms. The highest BCUT2D eigenvalue weighted by Gasteiger charge is 2.33. The molecule has 2 aliphatic rings. The number of hydrogen-bond donors (Lipinski definition) is 2. The summed E-state index contributed by atoms with van der Waals surface area (Å²) in [5.41, 5.74) is 4.29. The highest BCUT2D eigenvalue weighted by molar-refractivity contribution is 5.91. The summed E-state index contributed by atoms with van der Waals surface area (Å²) in [6, 6.07) is 17.7. The fourth-order valence-corrected chi connectivity index (χ4v) is 4.64. The number of hydrogen-bond acceptors (Lipinski definition) is 3. The van der Waals surface area contributed by atoms with Gasteiger partial charge in [-0.2, -0.15) is 0 Å². The van der Waals surface area contributed by atoms with Crippen molar-refractivity contribution in [1.29, 1.82) is 0 Å². The van der Waals surface area contributed by atoms with E-state index >= 15 is 0 Å². The van der Waals surface area contributed by atoms with E-state index in [-0.39, 0.29) is 11.5 Å². The maximum Gasteiger partial charge on any atom is 0.411 e. The highest BCUT2D eigenvalue weighted by Crippen LogP contribution is 2.32. The molecule has 0 radical (unpaired) electrons. The highest BCUT2D eigenvalue weighted by atomic mass is 16.5. The van der Waals surface area contributed by atoms with Crippen molar-refractivity contribution >= 4 is 11.8 Å². The summed E-state index contributed by atoms with van der Waals surface area (Å²) in [5, 5.41) is 6.59. The molecule has 154 valence electrons. The minimum Gasteiger partial charge on any atom is -0.449 e. The fraction of sp³-hybridized carbons (Fsp3) is 0.480. The molecule has 0 aliphatic carbocycles. The molecule has 0 saturated carbocycles. The summed E-state index contributed by atoms with van der Waals surface area (Å²) in [6.45, 7) is 7.13. The Hall–Kier alpha value is -2.33. The van der Waals surface area contributed by atoms with Crippen LogP contribution < -0.4 is 10.6 Å². The summed E-state index contributed by atoms with van der Waals surface area (Å²) < 4.78 is 5.59. The van der Waals surface area contributed by atoms with Crippen molar-refractivity contribution in [3.63, 3.8) is 0 Å². The predicted octanol–water partition coefficient (Wildman–Crippen LogP) is 5.73. The molecule has 2 unspecified atom stereocenters. The Morgan fingerprint density at radius 1 is 1.03 bits per heavy atom. The van der Waals surface area contributed by atoms with Gasteiger partial charge in [0.25, 0.3) is 0 Å². The van der Waals surface area contributed by atoms with Gasteiger partial charge >= 0.3 is 6.09 Å². The van der Waals surface area contributed by atoms with E-state index in [1.165, 1.54) is 18.4 Å². The van der Waals surface area contributed by atoms with Gasteiger partial charge in [0.05, 0.1) is 12.3 Å². The molecule has 1 amide bonds. The molecule has 4 nitrogen and oxygen atoms in total. The Morgan fingerprint density at radius 2 is 1.69 bits per heavy atom. The van der Waals surface area contributed by atoms with Crippen LogP contribution in [0.5, 0.6) is 0 Å². The van der Waals surface area contributed by atoms with Crippen molar-refractivity contribution in [2.75, 3.05) is 11.9 Å². The van der Waals surface area contributed by atoms with Crippen molar-refractivity contribution in [2.24, 2.45) is 5.92 Å². The van der Waals surface area contributed by atoms with Crippen LogP contribution in [0.1, 0.15) is 52.0 Å². The quantitative estimate of drug-likeness (QED) is 0.698. The number of carbonyl (C=O) groups excluding carboxylic acids is 1. The lowest BCUT2D eigenvalue weighted by Crippen LogP contribution is -2.39. The molecule has 2 N–H and O–H groups in total. The van der Waals surface area contributed by atoms with E-state index in [1.54, 1.807) is 0 Å². The Labute approximate surface area is 174 Å². The van der Waals surface area contributed by atoms with Gasteiger partial charge in [0, 0.05) is 17.6 Å². The van der Waals surface area contributed by atoms with Crippen LogP contribution in [-0.4, -0.2) is 24.8 Å². The van der Waals surface area contributed by atoms with E-state index in [4.69, 9.17) is 4.74 Å². The van der Waals surface area contributed by atoms with Crippen LogP contribution in [-0.2, 0) is 10.2 Å². The molecule has 2 aromatic carbocycles. The molecule has 2 saturated heterocycles. The summed E-state index contributed by atoms with van der Waals surface area (Å²) in [6.07, 6.45) is 4.37. The zero-order chi connectivity index (χ0) is 20.4. The van der Waals surface area contributed by atoms with Crippen molar-refractivity contribution in [3.05, 3.63) is 54.1 Å². The van der Waals surface area contributed by atoms with Gasteiger partial charge in [-0.25, -0.2) is 4.79 Å². The van der Waals surface area contributed by atoms with Crippen molar-refractivity contribution in [2.45, 2.75) is 64.0 Å². The normalized spacial score (nSPS) is 23.6. The SMILES string of the molecule is CC(C)(C)c1ccc(-c2ccccc2NC(=O)OCC2CC3CCC(C2)N3)cc1. The van der Waals surface area contributed by atoms with Crippen LogP contribution in [0.4, 0.5) is 10.5 Å². The zero-order valence-corrected chi connectivity index (χ0v) is 17.7. The van der Waals surface area contributed by atoms with Crippen molar-refractivity contribution in [3.8, 4) is 11.1 Å². The van der Waals surface area contributed by atoms with Crippen molar-refractivity contribution < 1.29 is 9.53 Å². The van der Waals surface area contributed by atoms with Gasteiger partial charge in [0.1, 0.15) is 0 Å². The molecule has 2 aliphatic heterocycles. The summed E-state index contributed by atoms with van der Waals surface area (Å²) in [4.78, 5) is 12.5. The maximum absolute atomic E-state index is 12.5. The van der Waals surface area contributed by atoms with Gasteiger partial charge in [-0.3, -0.25) is 5.32 Å². The van der Waals surface area contributed by atoms with E-state index in [1.807, 2.05) is 24.3 Å². The van der Waals surface area contributed by atoms with E-state index in [0.717, 1.165) is 29.7 Å². The standard InChI is InChI=1S/C25H32N2O2/c1-25(2,3)19-10-8-18(9-11-19)22-6-4-5-7-23(22)27-24(28)29-16-17-14-20-12-13-21(15-17)26-20/h4-11,17,20-21,26H,12-16H2,1-3H3,(H,27,28). The second-order valence-electron chi connectivity index (χ2n) is 9.57. The lowest BCUT2D eigenvalue weighted by molar-refractivity contribution is 0.122. The van der Waals surface area contributed by atoms with Crippen LogP contribution >= 0.6 is 0 Å². The largest absolute Gasteiger partial charge is 0.449 e. The first-order valence-electron chi connectivity index (χ1n) is 10.8. The molecule has 2 heterocycles. The Morgan fingerprint density at radius 3 is 2.34 bits per heavy atom. The second kappa shape index (κ2) is 8.19. The first-order valence-corrected chi connectivity index (χ1v) is 10.8. The lowest BCUT2D eigenvalue weighted by atomic mass is 9.86. The third kappa shape index (κ3) is 4.81. The molecule has 29 heavy (non-hydrogen) atoms. The molecular formula is C25H32N2O2. The van der Waals surface area contributed by atoms with Crippen LogP contribution in [0.3, 0.4) is 0 Å². The van der Waals surface area contributed by atoms with Gasteiger partial charge in [0.2, 0.25) is 0 Å². The number of nitrogens with one attached hydrogen (secondary N) is 2. The third-order valence-electron chi connectivity index (χ3n) is 6.25. The Bertz CT molecular complexity index is 842. The summed E-state index contributed by atoms with van der Waals surface area (Å²) in [5.74, 6) is 0.472. The van der Waals surface area contributed by atoms with Crippen molar-refractivity contribution in [1.82, 2.24) is 5.32 Å². The minimum atomic E-state index is -0.366. The molecule has 4 heteroatoms. The van der Waals surface area contributed by atoms with Gasteiger partial charge in [-0.05, 0) is 54.2 Å². The number of para-hydroxylation sites is 1. The Kier molecular flexibility index (Phi) is 5.64. The lowest BCUT2D eigenvalue weighted by Gasteiger charge is -2.28. The van der Waals surface area contributed by atoms with E-state index < -0.39 is 0 Å². The number of amides is 1. The van der Waals surface area contributed by atoms with E-state index in [0.29, 0.717) is 24.6 Å². The van der Waals surface area contributed by atoms with Crippen LogP contribution in [0.2, 0.25) is 0 Å². The topological polar surface area (TPSA) is 50.4 Å². The molecular weight excluding hydrogens is 360 g/mol.